The van der Waals surface area contributed by atoms with Crippen molar-refractivity contribution in [2.24, 2.45) is 0 Å². The summed E-state index contributed by atoms with van der Waals surface area (Å²) in [5.41, 5.74) is 0.645. The van der Waals surface area contributed by atoms with Crippen molar-refractivity contribution in [3.05, 3.63) is 58.0 Å². The Labute approximate surface area is 194 Å². The van der Waals surface area contributed by atoms with E-state index >= 15 is 0 Å². The Bertz CT molecular complexity index is 1320. The van der Waals surface area contributed by atoms with Gasteiger partial charge in [-0.2, -0.15) is 0 Å². The van der Waals surface area contributed by atoms with Crippen LogP contribution < -0.4 is 10.9 Å². The fraction of sp³-hybridized carbons (Fsp3) is 0.318. The number of fused-ring (bicyclic) bond motifs is 3. The summed E-state index contributed by atoms with van der Waals surface area (Å²) in [6.07, 6.45) is 4.44. The Hall–Kier alpha value is -2.91. The summed E-state index contributed by atoms with van der Waals surface area (Å²) < 4.78 is 3.54. The molecule has 0 aliphatic carbocycles. The van der Waals surface area contributed by atoms with Gasteiger partial charge in [0.15, 0.2) is 5.16 Å². The summed E-state index contributed by atoms with van der Waals surface area (Å²) in [5.74, 6) is 0.689. The zero-order valence-corrected chi connectivity index (χ0v) is 19.4. The molecule has 0 aliphatic rings. The van der Waals surface area contributed by atoms with Gasteiger partial charge in [-0.1, -0.05) is 55.3 Å². The predicted molar refractivity (Wildman–Crippen MR) is 127 cm³/mol. The summed E-state index contributed by atoms with van der Waals surface area (Å²) in [7, 11) is 0. The van der Waals surface area contributed by atoms with Crippen LogP contribution in [0.1, 0.15) is 33.1 Å². The standard InChI is InChI=1S/C22H23ClN6O2S/c1-3-4-7-12-28-20(31)16-8-5-6-9-17(16)29-21(28)26-27-22(29)32-14(2)19(30)25-18-11-10-15(23)13-24-18/h5-6,8-11,13-14H,3-4,7,12H2,1-2H3,(H,24,25,30). The maximum atomic E-state index is 13.1. The van der Waals surface area contributed by atoms with E-state index in [0.29, 0.717) is 33.7 Å². The first kappa shape index (κ1) is 22.3. The molecule has 8 nitrogen and oxygen atoms in total. The average molecular weight is 471 g/mol. The molecular formula is C22H23ClN6O2S. The first-order valence-corrected chi connectivity index (χ1v) is 11.7. The summed E-state index contributed by atoms with van der Waals surface area (Å²) in [4.78, 5) is 29.9. The Morgan fingerprint density at radius 2 is 2.00 bits per heavy atom. The molecule has 1 amide bonds. The largest absolute Gasteiger partial charge is 0.310 e. The topological polar surface area (TPSA) is 94.2 Å². The molecule has 0 radical (unpaired) electrons. The molecule has 3 aromatic heterocycles. The molecule has 1 aromatic carbocycles. The number of amides is 1. The third-order valence-electron chi connectivity index (χ3n) is 5.09. The zero-order chi connectivity index (χ0) is 22.7. The fourth-order valence-electron chi connectivity index (χ4n) is 3.42. The maximum Gasteiger partial charge on any atom is 0.262 e. The second-order valence-corrected chi connectivity index (χ2v) is 9.15. The van der Waals surface area contributed by atoms with Crippen LogP contribution in [0, 0.1) is 0 Å². The van der Waals surface area contributed by atoms with Crippen LogP contribution in [0.2, 0.25) is 5.02 Å². The molecule has 1 atom stereocenters. The number of pyridine rings is 1. The van der Waals surface area contributed by atoms with Gasteiger partial charge in [0.25, 0.3) is 5.56 Å². The number of nitrogens with one attached hydrogen (secondary N) is 1. The van der Waals surface area contributed by atoms with Crippen LogP contribution in [0.15, 0.2) is 52.5 Å². The van der Waals surface area contributed by atoms with Crippen LogP contribution in [0.3, 0.4) is 0 Å². The molecule has 0 bridgehead atoms. The number of aromatic nitrogens is 5. The van der Waals surface area contributed by atoms with Gasteiger partial charge in [0.05, 0.1) is 21.2 Å². The van der Waals surface area contributed by atoms with Gasteiger partial charge in [-0.05, 0) is 37.6 Å². The maximum absolute atomic E-state index is 13.1. The normalized spacial score (nSPS) is 12.3. The Balaban J connectivity index is 1.67. The molecule has 32 heavy (non-hydrogen) atoms. The first-order chi connectivity index (χ1) is 15.5. The molecular weight excluding hydrogens is 448 g/mol. The number of hydrogen-bond acceptors (Lipinski definition) is 6. The molecule has 0 fully saturated rings. The van der Waals surface area contributed by atoms with Crippen molar-refractivity contribution < 1.29 is 4.79 Å². The van der Waals surface area contributed by atoms with Gasteiger partial charge < -0.3 is 5.32 Å². The zero-order valence-electron chi connectivity index (χ0n) is 17.8. The lowest BCUT2D eigenvalue weighted by Gasteiger charge is -2.13. The minimum atomic E-state index is -0.473. The molecule has 0 aliphatic heterocycles. The summed E-state index contributed by atoms with van der Waals surface area (Å²) in [6, 6.07) is 10.7. The van der Waals surface area contributed by atoms with E-state index in [-0.39, 0.29) is 11.5 Å². The van der Waals surface area contributed by atoms with Gasteiger partial charge in [0.2, 0.25) is 11.7 Å². The van der Waals surface area contributed by atoms with Crippen molar-refractivity contribution in [1.82, 2.24) is 24.1 Å². The number of aryl methyl sites for hydroxylation is 1. The number of para-hydroxylation sites is 1. The quantitative estimate of drug-likeness (QED) is 0.303. The Kier molecular flexibility index (Phi) is 6.76. The van der Waals surface area contributed by atoms with Crippen LogP contribution in [0.25, 0.3) is 16.7 Å². The van der Waals surface area contributed by atoms with Crippen LogP contribution in [0.5, 0.6) is 0 Å². The lowest BCUT2D eigenvalue weighted by atomic mass is 10.2. The number of carbonyl (C=O) groups excluding carboxylic acids is 1. The van der Waals surface area contributed by atoms with E-state index in [4.69, 9.17) is 11.6 Å². The molecule has 10 heteroatoms. The van der Waals surface area contributed by atoms with Gasteiger partial charge in [0, 0.05) is 12.7 Å². The fourth-order valence-corrected chi connectivity index (χ4v) is 4.39. The first-order valence-electron chi connectivity index (χ1n) is 10.5. The number of rotatable bonds is 8. The van der Waals surface area contributed by atoms with Crippen molar-refractivity contribution in [1.29, 1.82) is 0 Å². The van der Waals surface area contributed by atoms with Gasteiger partial charge in [-0.15, -0.1) is 10.2 Å². The second-order valence-electron chi connectivity index (χ2n) is 7.41. The van der Waals surface area contributed by atoms with Crippen molar-refractivity contribution in [3.8, 4) is 0 Å². The van der Waals surface area contributed by atoms with Gasteiger partial charge >= 0.3 is 0 Å². The van der Waals surface area contributed by atoms with Gasteiger partial charge in [-0.25, -0.2) is 4.98 Å². The van der Waals surface area contributed by atoms with Crippen molar-refractivity contribution in [3.63, 3.8) is 0 Å². The second kappa shape index (κ2) is 9.70. The van der Waals surface area contributed by atoms with E-state index in [1.807, 2.05) is 28.7 Å². The highest BCUT2D eigenvalue weighted by atomic mass is 35.5. The number of thioether (sulfide) groups is 1. The van der Waals surface area contributed by atoms with Gasteiger partial charge in [0.1, 0.15) is 5.82 Å². The van der Waals surface area contributed by atoms with E-state index in [1.54, 1.807) is 23.6 Å². The number of carbonyl (C=O) groups is 1. The molecule has 0 saturated heterocycles. The SMILES string of the molecule is CCCCCn1c(=O)c2ccccc2n2c(SC(C)C(=O)Nc3ccc(Cl)cn3)nnc12. The Morgan fingerprint density at radius 1 is 1.19 bits per heavy atom. The number of hydrogen-bond donors (Lipinski definition) is 1. The summed E-state index contributed by atoms with van der Waals surface area (Å²) >= 11 is 7.13. The molecule has 166 valence electrons. The lowest BCUT2D eigenvalue weighted by molar-refractivity contribution is -0.115. The van der Waals surface area contributed by atoms with E-state index in [1.165, 1.54) is 18.0 Å². The minimum Gasteiger partial charge on any atom is -0.310 e. The molecule has 1 N–H and O–H groups in total. The number of halogens is 1. The van der Waals surface area contributed by atoms with Crippen LogP contribution in [-0.2, 0) is 11.3 Å². The monoisotopic (exact) mass is 470 g/mol. The van der Waals surface area contributed by atoms with Crippen molar-refractivity contribution >= 4 is 51.8 Å². The van der Waals surface area contributed by atoms with Crippen LogP contribution >= 0.6 is 23.4 Å². The highest BCUT2D eigenvalue weighted by Gasteiger charge is 2.21. The molecule has 0 saturated carbocycles. The minimum absolute atomic E-state index is 0.0762. The number of unbranched alkanes of at least 4 members (excludes halogenated alkanes) is 2. The van der Waals surface area contributed by atoms with Gasteiger partial charge in [-0.3, -0.25) is 18.6 Å². The summed E-state index contributed by atoms with van der Waals surface area (Å²) in [5, 5.41) is 12.6. The van der Waals surface area contributed by atoms with E-state index in [2.05, 4.69) is 27.4 Å². The van der Waals surface area contributed by atoms with Crippen molar-refractivity contribution in [2.45, 2.75) is 50.1 Å². The highest BCUT2D eigenvalue weighted by Crippen LogP contribution is 2.26. The van der Waals surface area contributed by atoms with Crippen LogP contribution in [0.4, 0.5) is 5.82 Å². The molecule has 0 spiro atoms. The lowest BCUT2D eigenvalue weighted by Crippen LogP contribution is -2.24. The molecule has 4 aromatic rings. The van der Waals surface area contributed by atoms with E-state index in [9.17, 15) is 9.59 Å². The molecule has 4 rings (SSSR count). The average Bonchev–Trinajstić information content (AvgIpc) is 3.21. The van der Waals surface area contributed by atoms with E-state index in [0.717, 1.165) is 24.8 Å². The smallest absolute Gasteiger partial charge is 0.262 e. The predicted octanol–water partition coefficient (Wildman–Crippen LogP) is 4.40. The third-order valence-corrected chi connectivity index (χ3v) is 6.36. The Morgan fingerprint density at radius 3 is 2.75 bits per heavy atom. The molecule has 3 heterocycles. The summed E-state index contributed by atoms with van der Waals surface area (Å²) in [6.45, 7) is 4.48. The van der Waals surface area contributed by atoms with Crippen molar-refractivity contribution in [2.75, 3.05) is 5.32 Å². The molecule has 1 unspecified atom stereocenters. The van der Waals surface area contributed by atoms with E-state index < -0.39 is 5.25 Å². The third kappa shape index (κ3) is 4.49. The number of nitrogens with zero attached hydrogens (tertiary/aromatic N) is 5. The van der Waals surface area contributed by atoms with Crippen LogP contribution in [-0.4, -0.2) is 35.3 Å². The highest BCUT2D eigenvalue weighted by molar-refractivity contribution is 8.00. The number of anilines is 1. The number of benzene rings is 1.